The van der Waals surface area contributed by atoms with Crippen molar-refractivity contribution in [2.75, 3.05) is 6.61 Å². The Kier molecular flexibility index (Phi) is 6.07. The molecule has 0 aliphatic rings. The largest absolute Gasteiger partial charge is 0.462 e. The van der Waals surface area contributed by atoms with Crippen LogP contribution < -0.4 is 0 Å². The molecule has 5 nitrogen and oxygen atoms in total. The maximum atomic E-state index is 15.2. The number of esters is 1. The third-order valence-electron chi connectivity index (χ3n) is 4.95. The van der Waals surface area contributed by atoms with E-state index in [0.717, 1.165) is 20.9 Å². The van der Waals surface area contributed by atoms with Crippen LogP contribution in [0.25, 0.3) is 16.7 Å². The van der Waals surface area contributed by atoms with Crippen LogP contribution in [-0.4, -0.2) is 26.9 Å². The summed E-state index contributed by atoms with van der Waals surface area (Å²) in [6, 6.07) is 12.5. The van der Waals surface area contributed by atoms with Gasteiger partial charge in [-0.05, 0) is 51.1 Å². The van der Waals surface area contributed by atoms with Crippen LogP contribution in [0.5, 0.6) is 0 Å². The van der Waals surface area contributed by atoms with Crippen molar-refractivity contribution < 1.29 is 13.9 Å². The number of benzene rings is 2. The van der Waals surface area contributed by atoms with E-state index in [4.69, 9.17) is 16.3 Å². The Hall–Kier alpha value is -2.77. The highest BCUT2D eigenvalue weighted by atomic mass is 35.5. The van der Waals surface area contributed by atoms with E-state index < -0.39 is 5.82 Å². The highest BCUT2D eigenvalue weighted by Gasteiger charge is 2.22. The Balaban J connectivity index is 1.86. The van der Waals surface area contributed by atoms with E-state index >= 15 is 4.39 Å². The Bertz CT molecular complexity index is 1280. The molecule has 2 aromatic carbocycles. The van der Waals surface area contributed by atoms with Gasteiger partial charge in [0.05, 0.1) is 22.7 Å². The molecule has 31 heavy (non-hydrogen) atoms. The first-order valence-electron chi connectivity index (χ1n) is 9.92. The van der Waals surface area contributed by atoms with Crippen molar-refractivity contribution in [1.82, 2.24) is 14.3 Å². The topological polar surface area (TPSA) is 49.0 Å². The molecule has 4 rings (SSSR count). The summed E-state index contributed by atoms with van der Waals surface area (Å²) in [5, 5.41) is 5.35. The zero-order valence-electron chi connectivity index (χ0n) is 17.4. The Morgan fingerprint density at radius 3 is 2.74 bits per heavy atom. The third kappa shape index (κ3) is 3.95. The maximum absolute atomic E-state index is 15.2. The van der Waals surface area contributed by atoms with Gasteiger partial charge in [0.2, 0.25) is 0 Å². The number of aromatic nitrogens is 3. The molecule has 0 bridgehead atoms. The third-order valence-corrected chi connectivity index (χ3v) is 6.45. The van der Waals surface area contributed by atoms with E-state index in [1.165, 1.54) is 11.8 Å². The van der Waals surface area contributed by atoms with Gasteiger partial charge in [-0.3, -0.25) is 9.25 Å². The highest BCUT2D eigenvalue weighted by molar-refractivity contribution is 7.99. The summed E-state index contributed by atoms with van der Waals surface area (Å²) in [5.41, 5.74) is 1.70. The molecule has 0 unspecified atom stereocenters. The maximum Gasteiger partial charge on any atom is 0.338 e. The van der Waals surface area contributed by atoms with E-state index in [1.54, 1.807) is 34.4 Å². The van der Waals surface area contributed by atoms with Gasteiger partial charge in [0, 0.05) is 39.7 Å². The van der Waals surface area contributed by atoms with Crippen LogP contribution in [0.4, 0.5) is 4.39 Å². The predicted octanol–water partition coefficient (Wildman–Crippen LogP) is 6.28. The van der Waals surface area contributed by atoms with Crippen LogP contribution in [0.3, 0.4) is 0 Å². The minimum atomic E-state index is -0.486. The van der Waals surface area contributed by atoms with Crippen LogP contribution in [-0.2, 0) is 11.3 Å². The predicted molar refractivity (Wildman–Crippen MR) is 121 cm³/mol. The fraction of sp³-hybridized carbons (Fsp3) is 0.217. The van der Waals surface area contributed by atoms with Crippen LogP contribution in [0, 0.1) is 12.7 Å². The van der Waals surface area contributed by atoms with Crippen molar-refractivity contribution in [1.29, 1.82) is 0 Å². The van der Waals surface area contributed by atoms with Gasteiger partial charge in [-0.2, -0.15) is 5.10 Å². The molecule has 0 saturated heterocycles. The Labute approximate surface area is 188 Å². The molecule has 0 aliphatic heterocycles. The first kappa shape index (κ1) is 21.5. The molecular weight excluding hydrogens is 437 g/mol. The number of fused-ring (bicyclic) bond motifs is 1. The van der Waals surface area contributed by atoms with Gasteiger partial charge >= 0.3 is 5.97 Å². The smallest absolute Gasteiger partial charge is 0.338 e. The standard InChI is InChI=1S/C23H21ClFN3O2S/c1-4-27-12-11-19(26-27)28-14(3)22(17-9-10-18(24)20(25)21(17)28)31-16-8-6-7-15(13-16)23(29)30-5-2/h6-13H,4-5H2,1-3H3. The zero-order chi connectivity index (χ0) is 22.1. The lowest BCUT2D eigenvalue weighted by Crippen LogP contribution is -2.04. The molecule has 0 atom stereocenters. The number of rotatable bonds is 6. The van der Waals surface area contributed by atoms with Gasteiger partial charge < -0.3 is 4.74 Å². The van der Waals surface area contributed by atoms with Gasteiger partial charge in [0.1, 0.15) is 0 Å². The second kappa shape index (κ2) is 8.77. The molecule has 2 aromatic heterocycles. The number of ether oxygens (including phenoxy) is 1. The molecular formula is C23H21ClFN3O2S. The van der Waals surface area contributed by atoms with E-state index in [1.807, 2.05) is 44.3 Å². The van der Waals surface area contributed by atoms with Crippen molar-refractivity contribution in [3.05, 3.63) is 70.8 Å². The number of hydrogen-bond acceptors (Lipinski definition) is 4. The lowest BCUT2D eigenvalue weighted by atomic mass is 10.2. The van der Waals surface area contributed by atoms with Crippen molar-refractivity contribution in [2.45, 2.75) is 37.1 Å². The second-order valence-corrected chi connectivity index (χ2v) is 8.38. The normalized spacial score (nSPS) is 11.3. The number of carbonyl (C=O) groups is 1. The average Bonchev–Trinajstić information content (AvgIpc) is 3.34. The number of aryl methyl sites for hydroxylation is 1. The summed E-state index contributed by atoms with van der Waals surface area (Å²) in [4.78, 5) is 13.8. The number of carbonyl (C=O) groups excluding carboxylic acids is 1. The molecule has 0 aliphatic carbocycles. The van der Waals surface area contributed by atoms with E-state index in [9.17, 15) is 4.79 Å². The Morgan fingerprint density at radius 1 is 1.23 bits per heavy atom. The first-order valence-corrected chi connectivity index (χ1v) is 11.1. The SMILES string of the molecule is CCOC(=O)c1cccc(Sc2c(C)n(-c3ccn(CC)n3)c3c(F)c(Cl)ccc23)c1. The van der Waals surface area contributed by atoms with Crippen molar-refractivity contribution in [3.8, 4) is 5.82 Å². The van der Waals surface area contributed by atoms with Crippen molar-refractivity contribution in [2.24, 2.45) is 0 Å². The first-order chi connectivity index (χ1) is 14.9. The second-order valence-electron chi connectivity index (χ2n) is 6.89. The van der Waals surface area contributed by atoms with Gasteiger partial charge in [0.15, 0.2) is 11.6 Å². The van der Waals surface area contributed by atoms with Crippen LogP contribution in [0.15, 0.2) is 58.5 Å². The monoisotopic (exact) mass is 457 g/mol. The Morgan fingerprint density at radius 2 is 2.03 bits per heavy atom. The molecule has 0 amide bonds. The number of nitrogens with zero attached hydrogens (tertiary/aromatic N) is 3. The summed E-state index contributed by atoms with van der Waals surface area (Å²) in [5.74, 6) is -0.231. The summed E-state index contributed by atoms with van der Waals surface area (Å²) in [6.07, 6.45) is 1.86. The van der Waals surface area contributed by atoms with Crippen molar-refractivity contribution in [3.63, 3.8) is 0 Å². The van der Waals surface area contributed by atoms with Crippen LogP contribution in [0.2, 0.25) is 5.02 Å². The molecule has 0 spiro atoms. The summed E-state index contributed by atoms with van der Waals surface area (Å²) in [6.45, 7) is 6.72. The van der Waals surface area contributed by atoms with Crippen molar-refractivity contribution >= 4 is 40.2 Å². The molecule has 0 saturated carbocycles. The molecule has 2 heterocycles. The summed E-state index contributed by atoms with van der Waals surface area (Å²) >= 11 is 7.58. The fourth-order valence-electron chi connectivity index (χ4n) is 3.49. The minimum absolute atomic E-state index is 0.0574. The quantitative estimate of drug-likeness (QED) is 0.320. The zero-order valence-corrected chi connectivity index (χ0v) is 18.9. The summed E-state index contributed by atoms with van der Waals surface area (Å²) < 4.78 is 23.8. The van der Waals surface area contributed by atoms with Crippen LogP contribution in [0.1, 0.15) is 29.9 Å². The van der Waals surface area contributed by atoms with E-state index in [0.29, 0.717) is 30.0 Å². The highest BCUT2D eigenvalue weighted by Crippen LogP contribution is 2.41. The van der Waals surface area contributed by atoms with E-state index in [2.05, 4.69) is 5.10 Å². The molecule has 4 aromatic rings. The van der Waals surface area contributed by atoms with Gasteiger partial charge in [-0.1, -0.05) is 29.4 Å². The lowest BCUT2D eigenvalue weighted by molar-refractivity contribution is 0.0526. The van der Waals surface area contributed by atoms with Gasteiger partial charge in [0.25, 0.3) is 0 Å². The molecule has 0 N–H and O–H groups in total. The van der Waals surface area contributed by atoms with Gasteiger partial charge in [-0.25, -0.2) is 9.18 Å². The van der Waals surface area contributed by atoms with E-state index in [-0.39, 0.29) is 11.0 Å². The fourth-order valence-corrected chi connectivity index (χ4v) is 4.72. The number of hydrogen-bond donors (Lipinski definition) is 0. The average molecular weight is 458 g/mol. The number of halogens is 2. The van der Waals surface area contributed by atoms with Gasteiger partial charge in [-0.15, -0.1) is 0 Å². The molecule has 160 valence electrons. The molecule has 0 fully saturated rings. The lowest BCUT2D eigenvalue weighted by Gasteiger charge is -2.07. The van der Waals surface area contributed by atoms with Crippen LogP contribution >= 0.6 is 23.4 Å². The molecule has 0 radical (unpaired) electrons. The summed E-state index contributed by atoms with van der Waals surface area (Å²) in [7, 11) is 0. The molecule has 8 heteroatoms. The minimum Gasteiger partial charge on any atom is -0.462 e.